The fourth-order valence-corrected chi connectivity index (χ4v) is 2.58. The van der Waals surface area contributed by atoms with Gasteiger partial charge >= 0.3 is 6.18 Å². The Morgan fingerprint density at radius 2 is 1.78 bits per heavy atom. The predicted octanol–water partition coefficient (Wildman–Crippen LogP) is 3.85. The molecule has 1 aromatic heterocycles. The summed E-state index contributed by atoms with van der Waals surface area (Å²) in [6, 6.07) is 6.98. The molecule has 0 saturated carbocycles. The second-order valence-electron chi connectivity index (χ2n) is 5.35. The zero-order valence-electron chi connectivity index (χ0n) is 13.1. The zero-order chi connectivity index (χ0) is 19.9. The van der Waals surface area contributed by atoms with Crippen molar-refractivity contribution < 1.29 is 22.5 Å². The minimum atomic E-state index is -4.75. The normalized spacial score (nSPS) is 11.6. The van der Waals surface area contributed by atoms with E-state index in [4.69, 9.17) is 18.1 Å². The molecular weight excluding hydrogens is 390 g/mol. The van der Waals surface area contributed by atoms with E-state index >= 15 is 0 Å². The molecule has 0 aliphatic heterocycles. The lowest BCUT2D eigenvalue weighted by Gasteiger charge is -2.08. The second kappa shape index (κ2) is 6.46. The van der Waals surface area contributed by atoms with Crippen molar-refractivity contribution in [2.24, 2.45) is 0 Å². The van der Waals surface area contributed by atoms with Crippen molar-refractivity contribution in [3.05, 3.63) is 68.7 Å². The maximum atomic E-state index is 13.1. The van der Waals surface area contributed by atoms with Gasteiger partial charge in [-0.05, 0) is 48.6 Å². The summed E-state index contributed by atoms with van der Waals surface area (Å²) in [5.41, 5.74) is -1.95. The van der Waals surface area contributed by atoms with E-state index in [9.17, 15) is 27.7 Å². The number of nitrogens with zero attached hydrogens (tertiary/aromatic N) is 4. The second-order valence-corrected chi connectivity index (χ2v) is 5.72. The molecule has 0 radical (unpaired) electrons. The summed E-state index contributed by atoms with van der Waals surface area (Å²) in [7, 11) is 0. The number of halogens is 4. The molecule has 12 heteroatoms. The minimum absolute atomic E-state index is 0.0502. The van der Waals surface area contributed by atoms with E-state index in [1.807, 2.05) is 0 Å². The van der Waals surface area contributed by atoms with Gasteiger partial charge in [0, 0.05) is 11.6 Å². The van der Waals surface area contributed by atoms with Crippen molar-refractivity contribution >= 4 is 17.9 Å². The molecule has 140 valence electrons. The first kappa shape index (κ1) is 18.5. The summed E-state index contributed by atoms with van der Waals surface area (Å²) in [5, 5.41) is 15.3. The van der Waals surface area contributed by atoms with E-state index in [2.05, 4.69) is 5.10 Å². The molecule has 3 rings (SSSR count). The SMILES string of the molecule is Nn1c(-c2ccc(F)cc2)nn(-c2ccc(C(F)(F)F)cc2[N+](=O)[O-])c1=S. The molecule has 0 aliphatic rings. The van der Waals surface area contributed by atoms with Crippen LogP contribution in [0.5, 0.6) is 0 Å². The van der Waals surface area contributed by atoms with E-state index in [0.717, 1.165) is 27.6 Å². The summed E-state index contributed by atoms with van der Waals surface area (Å²) in [6.07, 6.45) is -4.75. The van der Waals surface area contributed by atoms with Crippen molar-refractivity contribution in [2.45, 2.75) is 6.18 Å². The largest absolute Gasteiger partial charge is 0.416 e. The van der Waals surface area contributed by atoms with Gasteiger partial charge in [-0.2, -0.15) is 17.9 Å². The van der Waals surface area contributed by atoms with Gasteiger partial charge in [-0.15, -0.1) is 5.10 Å². The summed E-state index contributed by atoms with van der Waals surface area (Å²) < 4.78 is 53.2. The van der Waals surface area contributed by atoms with Crippen LogP contribution in [0, 0.1) is 20.7 Å². The summed E-state index contributed by atoms with van der Waals surface area (Å²) in [4.78, 5) is 10.3. The van der Waals surface area contributed by atoms with Gasteiger partial charge in [-0.25, -0.2) is 9.07 Å². The molecule has 0 bridgehead atoms. The van der Waals surface area contributed by atoms with Crippen LogP contribution in [0.1, 0.15) is 5.56 Å². The maximum absolute atomic E-state index is 13.1. The summed E-state index contributed by atoms with van der Waals surface area (Å²) >= 11 is 5.09. The molecule has 1 heterocycles. The Morgan fingerprint density at radius 1 is 1.15 bits per heavy atom. The molecule has 0 spiro atoms. The molecule has 0 fully saturated rings. The fourth-order valence-electron chi connectivity index (χ4n) is 2.36. The van der Waals surface area contributed by atoms with Crippen LogP contribution in [0.25, 0.3) is 17.1 Å². The van der Waals surface area contributed by atoms with Crippen LogP contribution in [-0.2, 0) is 6.18 Å². The maximum Gasteiger partial charge on any atom is 0.416 e. The number of nitro benzene ring substituents is 1. The third kappa shape index (κ3) is 3.38. The van der Waals surface area contributed by atoms with Crippen molar-refractivity contribution in [1.82, 2.24) is 14.5 Å². The Bertz CT molecular complexity index is 1090. The molecule has 27 heavy (non-hydrogen) atoms. The van der Waals surface area contributed by atoms with Gasteiger partial charge < -0.3 is 5.84 Å². The van der Waals surface area contributed by atoms with E-state index in [0.29, 0.717) is 17.7 Å². The lowest BCUT2D eigenvalue weighted by molar-refractivity contribution is -0.384. The number of hydrogen-bond donors (Lipinski definition) is 1. The quantitative estimate of drug-likeness (QED) is 0.237. The van der Waals surface area contributed by atoms with Gasteiger partial charge in [-0.3, -0.25) is 10.1 Å². The Balaban J connectivity index is 2.20. The van der Waals surface area contributed by atoms with E-state index < -0.39 is 28.2 Å². The number of alkyl halides is 3. The number of rotatable bonds is 3. The van der Waals surface area contributed by atoms with Crippen molar-refractivity contribution in [2.75, 3.05) is 5.84 Å². The average molecular weight is 399 g/mol. The smallest absolute Gasteiger partial charge is 0.335 e. The van der Waals surface area contributed by atoms with Gasteiger partial charge in [0.25, 0.3) is 5.69 Å². The highest BCUT2D eigenvalue weighted by Gasteiger charge is 2.33. The third-order valence-corrected chi connectivity index (χ3v) is 4.01. The van der Waals surface area contributed by atoms with Crippen LogP contribution in [-0.4, -0.2) is 19.4 Å². The van der Waals surface area contributed by atoms with Crippen LogP contribution < -0.4 is 5.84 Å². The summed E-state index contributed by atoms with van der Waals surface area (Å²) in [5.74, 6) is 5.37. The predicted molar refractivity (Wildman–Crippen MR) is 89.6 cm³/mol. The van der Waals surface area contributed by atoms with Crippen molar-refractivity contribution in [3.63, 3.8) is 0 Å². The Labute approximate surface area is 153 Å². The summed E-state index contributed by atoms with van der Waals surface area (Å²) in [6.45, 7) is 0. The van der Waals surface area contributed by atoms with Crippen molar-refractivity contribution in [1.29, 1.82) is 0 Å². The molecule has 0 amide bonds. The molecule has 2 aromatic carbocycles. The molecule has 7 nitrogen and oxygen atoms in total. The van der Waals surface area contributed by atoms with E-state index in [-0.39, 0.29) is 16.3 Å². The Hall–Kier alpha value is -3.28. The number of benzene rings is 2. The molecule has 2 N–H and O–H groups in total. The molecule has 0 atom stereocenters. The molecule has 0 saturated heterocycles. The zero-order valence-corrected chi connectivity index (χ0v) is 14.0. The van der Waals surface area contributed by atoms with Crippen molar-refractivity contribution in [3.8, 4) is 17.1 Å². The van der Waals surface area contributed by atoms with Gasteiger partial charge in [-0.1, -0.05) is 0 Å². The van der Waals surface area contributed by atoms with E-state index in [1.165, 1.54) is 12.1 Å². The van der Waals surface area contributed by atoms with Crippen LogP contribution in [0.4, 0.5) is 23.2 Å². The Morgan fingerprint density at radius 3 is 2.33 bits per heavy atom. The minimum Gasteiger partial charge on any atom is -0.335 e. The number of hydrogen-bond acceptors (Lipinski definition) is 5. The number of nitro groups is 1. The third-order valence-electron chi connectivity index (χ3n) is 3.64. The van der Waals surface area contributed by atoms with Crippen LogP contribution in [0.3, 0.4) is 0 Å². The topological polar surface area (TPSA) is 91.9 Å². The Kier molecular flexibility index (Phi) is 4.43. The van der Waals surface area contributed by atoms with Crippen LogP contribution in [0.2, 0.25) is 0 Å². The lowest BCUT2D eigenvalue weighted by Crippen LogP contribution is -2.11. The van der Waals surface area contributed by atoms with E-state index in [1.54, 1.807) is 0 Å². The standard InChI is InChI=1S/C15H9F4N5O2S/c16-10-4-1-8(2-5-10)13-21-23(14(27)22(13)20)11-6-3-9(15(17,18)19)7-12(11)24(25)26/h1-7H,20H2. The highest BCUT2D eigenvalue weighted by Crippen LogP contribution is 2.34. The van der Waals surface area contributed by atoms with Crippen LogP contribution in [0.15, 0.2) is 42.5 Å². The number of nitrogen functional groups attached to an aromatic ring is 1. The molecule has 3 aromatic rings. The number of aromatic nitrogens is 3. The fraction of sp³-hybridized carbons (Fsp3) is 0.0667. The highest BCUT2D eigenvalue weighted by atomic mass is 32.1. The monoisotopic (exact) mass is 399 g/mol. The average Bonchev–Trinajstić information content (AvgIpc) is 2.90. The first-order chi connectivity index (χ1) is 12.6. The molecular formula is C15H9F4N5O2S. The first-order valence-corrected chi connectivity index (χ1v) is 7.59. The van der Waals surface area contributed by atoms with Gasteiger partial charge in [0.1, 0.15) is 11.5 Å². The number of nitrogens with two attached hydrogens (primary N) is 1. The van der Waals surface area contributed by atoms with Gasteiger partial charge in [0.05, 0.1) is 10.5 Å². The highest BCUT2D eigenvalue weighted by molar-refractivity contribution is 7.71. The lowest BCUT2D eigenvalue weighted by atomic mass is 10.1. The first-order valence-electron chi connectivity index (χ1n) is 7.18. The van der Waals surface area contributed by atoms with Crippen LogP contribution >= 0.6 is 12.2 Å². The molecule has 0 aliphatic carbocycles. The molecule has 0 unspecified atom stereocenters. The van der Waals surface area contributed by atoms with Gasteiger partial charge in [0.15, 0.2) is 5.82 Å². The van der Waals surface area contributed by atoms with Gasteiger partial charge in [0.2, 0.25) is 4.77 Å².